The summed E-state index contributed by atoms with van der Waals surface area (Å²) >= 11 is 4.86. The molecule has 9 heavy (non-hydrogen) atoms. The van der Waals surface area contributed by atoms with Crippen LogP contribution in [0.3, 0.4) is 0 Å². The highest BCUT2D eigenvalue weighted by atomic mass is 32.1. The van der Waals surface area contributed by atoms with Crippen LogP contribution in [0.15, 0.2) is 18.5 Å². The Bertz CT molecular complexity index is 192. The maximum absolute atomic E-state index is 4.86. The molecule has 1 aromatic heterocycles. The smallest absolute Gasteiger partial charge is 0.193 e. The molecule has 1 rings (SSSR count). The summed E-state index contributed by atoms with van der Waals surface area (Å²) in [7, 11) is 1.77. The molecule has 1 aromatic rings. The van der Waals surface area contributed by atoms with Gasteiger partial charge in [0.15, 0.2) is 5.11 Å². The van der Waals surface area contributed by atoms with E-state index in [0.717, 1.165) is 0 Å². The molecule has 1 N–H and O–H groups in total. The van der Waals surface area contributed by atoms with Crippen LogP contribution in [0.4, 0.5) is 0 Å². The molecule has 3 nitrogen and oxygen atoms in total. The summed E-state index contributed by atoms with van der Waals surface area (Å²) in [5.74, 6) is 0. The van der Waals surface area contributed by atoms with Crippen molar-refractivity contribution in [2.45, 2.75) is 0 Å². The SMILES string of the molecule is CNC(=S)n1cccn1. The first-order valence-corrected chi connectivity index (χ1v) is 2.97. The van der Waals surface area contributed by atoms with Crippen LogP contribution in [0, 0.1) is 0 Å². The van der Waals surface area contributed by atoms with Crippen molar-refractivity contribution in [3.8, 4) is 0 Å². The minimum Gasteiger partial charge on any atom is -0.364 e. The van der Waals surface area contributed by atoms with Crippen LogP contribution in [0.2, 0.25) is 0 Å². The van der Waals surface area contributed by atoms with Crippen LogP contribution in [0.5, 0.6) is 0 Å². The number of nitrogens with zero attached hydrogens (tertiary/aromatic N) is 2. The van der Waals surface area contributed by atoms with Gasteiger partial charge in [0.1, 0.15) is 0 Å². The second-order valence-electron chi connectivity index (χ2n) is 1.51. The molecule has 0 saturated carbocycles. The first-order valence-electron chi connectivity index (χ1n) is 2.56. The zero-order valence-corrected chi connectivity index (χ0v) is 5.85. The lowest BCUT2D eigenvalue weighted by atomic mass is 10.7. The zero-order valence-electron chi connectivity index (χ0n) is 5.03. The quantitative estimate of drug-likeness (QED) is 0.525. The molecule has 0 amide bonds. The first kappa shape index (κ1) is 6.22. The van der Waals surface area contributed by atoms with E-state index in [2.05, 4.69) is 10.4 Å². The van der Waals surface area contributed by atoms with Crippen molar-refractivity contribution < 1.29 is 0 Å². The van der Waals surface area contributed by atoms with Gasteiger partial charge in [-0.25, -0.2) is 4.68 Å². The van der Waals surface area contributed by atoms with Gasteiger partial charge in [-0.2, -0.15) is 5.10 Å². The van der Waals surface area contributed by atoms with Crippen LogP contribution in [-0.4, -0.2) is 21.9 Å². The lowest BCUT2D eigenvalue weighted by molar-refractivity contribution is 0.903. The lowest BCUT2D eigenvalue weighted by Gasteiger charge is -1.98. The summed E-state index contributed by atoms with van der Waals surface area (Å²) in [6, 6.07) is 1.82. The number of rotatable bonds is 0. The third kappa shape index (κ3) is 1.26. The van der Waals surface area contributed by atoms with Crippen molar-refractivity contribution >= 4 is 17.3 Å². The number of aromatic nitrogens is 2. The fourth-order valence-corrected chi connectivity index (χ4v) is 0.611. The van der Waals surface area contributed by atoms with E-state index in [4.69, 9.17) is 12.2 Å². The molecule has 0 bridgehead atoms. The Morgan fingerprint density at radius 1 is 1.78 bits per heavy atom. The average molecular weight is 141 g/mol. The van der Waals surface area contributed by atoms with E-state index in [1.807, 2.05) is 6.07 Å². The van der Waals surface area contributed by atoms with Crippen molar-refractivity contribution in [1.29, 1.82) is 0 Å². The second-order valence-corrected chi connectivity index (χ2v) is 1.89. The van der Waals surface area contributed by atoms with E-state index in [1.54, 1.807) is 24.1 Å². The first-order chi connectivity index (χ1) is 4.34. The van der Waals surface area contributed by atoms with Crippen LogP contribution >= 0.6 is 12.2 Å². The van der Waals surface area contributed by atoms with Gasteiger partial charge in [-0.15, -0.1) is 0 Å². The monoisotopic (exact) mass is 141 g/mol. The molecule has 1 heterocycles. The molecule has 48 valence electrons. The summed E-state index contributed by atoms with van der Waals surface area (Å²) in [6.07, 6.45) is 3.47. The molecule has 0 aliphatic carbocycles. The van der Waals surface area contributed by atoms with E-state index >= 15 is 0 Å². The minimum atomic E-state index is 0.611. The fraction of sp³-hybridized carbons (Fsp3) is 0.200. The Balaban J connectivity index is 2.77. The highest BCUT2D eigenvalue weighted by Gasteiger charge is 1.91. The van der Waals surface area contributed by atoms with Gasteiger partial charge in [0.25, 0.3) is 0 Å². The van der Waals surface area contributed by atoms with E-state index in [-0.39, 0.29) is 0 Å². The van der Waals surface area contributed by atoms with Gasteiger partial charge in [-0.3, -0.25) is 0 Å². The van der Waals surface area contributed by atoms with Crippen LogP contribution in [0.25, 0.3) is 0 Å². The minimum absolute atomic E-state index is 0.611. The zero-order chi connectivity index (χ0) is 6.69. The summed E-state index contributed by atoms with van der Waals surface area (Å²) in [5, 5.41) is 7.31. The summed E-state index contributed by atoms with van der Waals surface area (Å²) in [4.78, 5) is 0. The Morgan fingerprint density at radius 2 is 2.56 bits per heavy atom. The van der Waals surface area contributed by atoms with Crippen molar-refractivity contribution in [3.05, 3.63) is 18.5 Å². The molecule has 0 fully saturated rings. The van der Waals surface area contributed by atoms with Gasteiger partial charge in [-0.05, 0) is 18.3 Å². The number of thiocarbonyl (C=S) groups is 1. The molecule has 0 radical (unpaired) electrons. The highest BCUT2D eigenvalue weighted by Crippen LogP contribution is 1.81. The van der Waals surface area contributed by atoms with Crippen molar-refractivity contribution in [2.24, 2.45) is 0 Å². The van der Waals surface area contributed by atoms with Gasteiger partial charge in [0.2, 0.25) is 0 Å². The predicted molar refractivity (Wildman–Crippen MR) is 39.3 cm³/mol. The normalized spacial score (nSPS) is 9.00. The Kier molecular flexibility index (Phi) is 1.79. The topological polar surface area (TPSA) is 29.9 Å². The van der Waals surface area contributed by atoms with Gasteiger partial charge in [0, 0.05) is 19.4 Å². The summed E-state index contributed by atoms with van der Waals surface area (Å²) < 4.78 is 1.59. The van der Waals surface area contributed by atoms with E-state index in [9.17, 15) is 0 Å². The van der Waals surface area contributed by atoms with Crippen LogP contribution in [0.1, 0.15) is 0 Å². The number of hydrogen-bond donors (Lipinski definition) is 1. The lowest BCUT2D eigenvalue weighted by Crippen LogP contribution is -2.24. The maximum atomic E-state index is 4.86. The second kappa shape index (κ2) is 2.59. The molecule has 0 aliphatic rings. The molecule has 4 heteroatoms. The van der Waals surface area contributed by atoms with Gasteiger partial charge in [-0.1, -0.05) is 0 Å². The van der Waals surface area contributed by atoms with Gasteiger partial charge < -0.3 is 5.32 Å². The molecule has 0 atom stereocenters. The molecule has 0 spiro atoms. The molecule has 0 aliphatic heterocycles. The molecule has 0 saturated heterocycles. The fourth-order valence-electron chi connectivity index (χ4n) is 0.504. The van der Waals surface area contributed by atoms with E-state index in [0.29, 0.717) is 5.11 Å². The molecule has 0 aromatic carbocycles. The third-order valence-corrected chi connectivity index (χ3v) is 1.32. The predicted octanol–water partition coefficient (Wildman–Crippen LogP) is 0.236. The number of hydrogen-bond acceptors (Lipinski definition) is 2. The van der Waals surface area contributed by atoms with Crippen molar-refractivity contribution in [1.82, 2.24) is 15.1 Å². The summed E-state index contributed by atoms with van der Waals surface area (Å²) in [5.41, 5.74) is 0. The van der Waals surface area contributed by atoms with E-state index < -0.39 is 0 Å². The number of nitrogens with one attached hydrogen (secondary N) is 1. The highest BCUT2D eigenvalue weighted by molar-refractivity contribution is 7.80. The molecular weight excluding hydrogens is 134 g/mol. The average Bonchev–Trinajstić information content (AvgIpc) is 2.37. The summed E-state index contributed by atoms with van der Waals surface area (Å²) in [6.45, 7) is 0. The third-order valence-electron chi connectivity index (χ3n) is 0.926. The van der Waals surface area contributed by atoms with Crippen molar-refractivity contribution in [3.63, 3.8) is 0 Å². The van der Waals surface area contributed by atoms with E-state index in [1.165, 1.54) is 0 Å². The van der Waals surface area contributed by atoms with Crippen molar-refractivity contribution in [2.75, 3.05) is 7.05 Å². The maximum Gasteiger partial charge on any atom is 0.193 e. The van der Waals surface area contributed by atoms with Gasteiger partial charge >= 0.3 is 0 Å². The Morgan fingerprint density at radius 3 is 3.00 bits per heavy atom. The molecular formula is C5H7N3S. The van der Waals surface area contributed by atoms with Gasteiger partial charge in [0.05, 0.1) is 0 Å². The largest absolute Gasteiger partial charge is 0.364 e. The van der Waals surface area contributed by atoms with Crippen LogP contribution < -0.4 is 5.32 Å². The molecule has 0 unspecified atom stereocenters. The Labute approximate surface area is 58.7 Å². The Hall–Kier alpha value is -0.900. The standard InChI is InChI=1S/C5H7N3S/c1-6-5(9)8-4-2-3-7-8/h2-4H,1H3,(H,6,9). The van der Waals surface area contributed by atoms with Crippen LogP contribution in [-0.2, 0) is 0 Å².